The van der Waals surface area contributed by atoms with Crippen molar-refractivity contribution in [3.05, 3.63) is 83.9 Å². The smallest absolute Gasteiger partial charge is 0.345 e. The third-order valence-electron chi connectivity index (χ3n) is 4.01. The van der Waals surface area contributed by atoms with Crippen LogP contribution in [0, 0.1) is 0 Å². The molecule has 1 unspecified atom stereocenters. The lowest BCUT2D eigenvalue weighted by molar-refractivity contribution is -0.161. The molecule has 23 heavy (non-hydrogen) atoms. The number of fused-ring (bicyclic) bond motifs is 1. The minimum atomic E-state index is -1.52. The number of benzene rings is 3. The first kappa shape index (κ1) is 15.3. The van der Waals surface area contributed by atoms with Crippen LogP contribution >= 0.6 is 0 Å². The predicted molar refractivity (Wildman–Crippen MR) is 90.4 cm³/mol. The quantitative estimate of drug-likeness (QED) is 0.768. The second-order valence-electron chi connectivity index (χ2n) is 5.31. The Morgan fingerprint density at radius 1 is 0.957 bits per heavy atom. The van der Waals surface area contributed by atoms with Gasteiger partial charge in [0.05, 0.1) is 0 Å². The standard InChI is InChI=1S/C20H18O3/c1-2-23-20(19(21)22,16-11-4-3-5-12-16)18-14-8-10-15-9-6-7-13-17(15)18/h3-14H,2H2,1H3,(H,21,22). The van der Waals surface area contributed by atoms with E-state index in [1.54, 1.807) is 12.1 Å². The predicted octanol–water partition coefficient (Wildman–Crippen LogP) is 4.20. The molecule has 3 nitrogen and oxygen atoms in total. The molecule has 1 atom stereocenters. The Bertz CT molecular complexity index is 821. The largest absolute Gasteiger partial charge is 0.479 e. The summed E-state index contributed by atoms with van der Waals surface area (Å²) < 4.78 is 5.87. The highest BCUT2D eigenvalue weighted by atomic mass is 16.5. The van der Waals surface area contributed by atoms with Crippen molar-refractivity contribution in [2.45, 2.75) is 12.5 Å². The zero-order chi connectivity index (χ0) is 16.3. The fourth-order valence-electron chi connectivity index (χ4n) is 3.04. The Labute approximate surface area is 135 Å². The SMILES string of the molecule is CCOC(C(=O)O)(c1ccccc1)c1cccc2ccccc12. The van der Waals surface area contributed by atoms with Gasteiger partial charge in [0.15, 0.2) is 0 Å². The molecule has 0 heterocycles. The maximum Gasteiger partial charge on any atom is 0.345 e. The highest BCUT2D eigenvalue weighted by Crippen LogP contribution is 2.38. The molecule has 3 aromatic rings. The van der Waals surface area contributed by atoms with Gasteiger partial charge in [-0.1, -0.05) is 72.8 Å². The molecule has 0 radical (unpaired) electrons. The van der Waals surface area contributed by atoms with Crippen LogP contribution in [0.4, 0.5) is 0 Å². The first-order chi connectivity index (χ1) is 11.2. The first-order valence-corrected chi connectivity index (χ1v) is 7.61. The van der Waals surface area contributed by atoms with Gasteiger partial charge in [-0.15, -0.1) is 0 Å². The maximum atomic E-state index is 12.3. The van der Waals surface area contributed by atoms with Gasteiger partial charge in [-0.3, -0.25) is 0 Å². The van der Waals surface area contributed by atoms with Crippen LogP contribution in [0.15, 0.2) is 72.8 Å². The molecule has 3 heteroatoms. The Hall–Kier alpha value is -2.65. The lowest BCUT2D eigenvalue weighted by Crippen LogP contribution is -2.40. The van der Waals surface area contributed by atoms with Crippen LogP contribution in [0.3, 0.4) is 0 Å². The molecule has 3 aromatic carbocycles. The fourth-order valence-corrected chi connectivity index (χ4v) is 3.04. The number of carboxylic acids is 1. The Balaban J connectivity index is 2.37. The summed E-state index contributed by atoms with van der Waals surface area (Å²) >= 11 is 0. The van der Waals surface area contributed by atoms with Crippen LogP contribution in [0.25, 0.3) is 10.8 Å². The van der Waals surface area contributed by atoms with Crippen molar-refractivity contribution in [1.82, 2.24) is 0 Å². The Morgan fingerprint density at radius 2 is 1.61 bits per heavy atom. The molecule has 0 aliphatic rings. The molecule has 116 valence electrons. The molecular weight excluding hydrogens is 288 g/mol. The summed E-state index contributed by atoms with van der Waals surface area (Å²) in [6.45, 7) is 2.11. The zero-order valence-electron chi connectivity index (χ0n) is 12.9. The van der Waals surface area contributed by atoms with Gasteiger partial charge < -0.3 is 9.84 Å². The molecule has 0 aromatic heterocycles. The van der Waals surface area contributed by atoms with Crippen molar-refractivity contribution in [2.24, 2.45) is 0 Å². The van der Waals surface area contributed by atoms with Crippen molar-refractivity contribution in [1.29, 1.82) is 0 Å². The molecule has 0 saturated heterocycles. The lowest BCUT2D eigenvalue weighted by atomic mass is 9.83. The molecule has 0 fully saturated rings. The molecule has 0 spiro atoms. The minimum absolute atomic E-state index is 0.296. The van der Waals surface area contributed by atoms with Gasteiger partial charge in [-0.05, 0) is 23.3 Å². The van der Waals surface area contributed by atoms with Crippen LogP contribution in [-0.4, -0.2) is 17.7 Å². The van der Waals surface area contributed by atoms with E-state index in [0.29, 0.717) is 17.7 Å². The van der Waals surface area contributed by atoms with E-state index in [-0.39, 0.29) is 0 Å². The molecule has 3 rings (SSSR count). The zero-order valence-corrected chi connectivity index (χ0v) is 12.9. The van der Waals surface area contributed by atoms with Crippen molar-refractivity contribution in [3.8, 4) is 0 Å². The lowest BCUT2D eigenvalue weighted by Gasteiger charge is -2.31. The summed E-state index contributed by atoms with van der Waals surface area (Å²) in [5.41, 5.74) is -0.251. The number of rotatable bonds is 5. The van der Waals surface area contributed by atoms with Crippen molar-refractivity contribution < 1.29 is 14.6 Å². The van der Waals surface area contributed by atoms with Crippen LogP contribution in [0.1, 0.15) is 18.1 Å². The number of aliphatic carboxylic acids is 1. The second kappa shape index (κ2) is 6.23. The van der Waals surface area contributed by atoms with E-state index < -0.39 is 11.6 Å². The maximum absolute atomic E-state index is 12.3. The van der Waals surface area contributed by atoms with Gasteiger partial charge in [0.2, 0.25) is 5.60 Å². The number of hydrogen-bond donors (Lipinski definition) is 1. The molecular formula is C20H18O3. The van der Waals surface area contributed by atoms with E-state index in [1.807, 2.05) is 67.6 Å². The summed E-state index contributed by atoms with van der Waals surface area (Å²) in [6.07, 6.45) is 0. The fraction of sp³-hybridized carbons (Fsp3) is 0.150. The normalized spacial score (nSPS) is 13.6. The van der Waals surface area contributed by atoms with E-state index in [4.69, 9.17) is 4.74 Å². The number of carbonyl (C=O) groups is 1. The van der Waals surface area contributed by atoms with Gasteiger partial charge in [0.25, 0.3) is 0 Å². The Kier molecular flexibility index (Phi) is 4.13. The van der Waals surface area contributed by atoms with Crippen LogP contribution in [-0.2, 0) is 15.1 Å². The first-order valence-electron chi connectivity index (χ1n) is 7.61. The van der Waals surface area contributed by atoms with Gasteiger partial charge in [-0.2, -0.15) is 0 Å². The average molecular weight is 306 g/mol. The topological polar surface area (TPSA) is 46.5 Å². The van der Waals surface area contributed by atoms with E-state index in [2.05, 4.69) is 0 Å². The second-order valence-corrected chi connectivity index (χ2v) is 5.31. The van der Waals surface area contributed by atoms with Crippen LogP contribution in [0.5, 0.6) is 0 Å². The summed E-state index contributed by atoms with van der Waals surface area (Å²) in [5, 5.41) is 12.0. The van der Waals surface area contributed by atoms with E-state index in [0.717, 1.165) is 10.8 Å². The van der Waals surface area contributed by atoms with Gasteiger partial charge in [0, 0.05) is 12.2 Å². The van der Waals surface area contributed by atoms with Crippen LogP contribution < -0.4 is 0 Å². The highest BCUT2D eigenvalue weighted by Gasteiger charge is 2.44. The monoisotopic (exact) mass is 306 g/mol. The molecule has 0 amide bonds. The Morgan fingerprint density at radius 3 is 2.30 bits per heavy atom. The van der Waals surface area contributed by atoms with Crippen molar-refractivity contribution in [3.63, 3.8) is 0 Å². The van der Waals surface area contributed by atoms with E-state index in [9.17, 15) is 9.90 Å². The molecule has 0 aliphatic heterocycles. The molecule has 0 saturated carbocycles. The van der Waals surface area contributed by atoms with Crippen LogP contribution in [0.2, 0.25) is 0 Å². The summed E-state index contributed by atoms with van der Waals surface area (Å²) in [7, 11) is 0. The van der Waals surface area contributed by atoms with Gasteiger partial charge in [0.1, 0.15) is 0 Å². The van der Waals surface area contributed by atoms with Gasteiger partial charge in [-0.25, -0.2) is 4.79 Å². The third-order valence-corrected chi connectivity index (χ3v) is 4.01. The minimum Gasteiger partial charge on any atom is -0.479 e. The molecule has 0 aliphatic carbocycles. The summed E-state index contributed by atoms with van der Waals surface area (Å²) in [6, 6.07) is 22.6. The van der Waals surface area contributed by atoms with Gasteiger partial charge >= 0.3 is 5.97 Å². The summed E-state index contributed by atoms with van der Waals surface area (Å²) in [4.78, 5) is 12.3. The van der Waals surface area contributed by atoms with E-state index in [1.165, 1.54) is 0 Å². The number of ether oxygens (including phenoxy) is 1. The molecule has 0 bridgehead atoms. The highest BCUT2D eigenvalue weighted by molar-refractivity contribution is 5.94. The van der Waals surface area contributed by atoms with E-state index >= 15 is 0 Å². The van der Waals surface area contributed by atoms with Crippen molar-refractivity contribution >= 4 is 16.7 Å². The van der Waals surface area contributed by atoms with Crippen molar-refractivity contribution in [2.75, 3.05) is 6.61 Å². The third kappa shape index (κ3) is 2.49. The number of hydrogen-bond acceptors (Lipinski definition) is 2. The average Bonchev–Trinajstić information content (AvgIpc) is 2.60. The molecule has 1 N–H and O–H groups in total. The number of carboxylic acid groups (broad SMARTS) is 1. The summed E-state index contributed by atoms with van der Waals surface area (Å²) in [5.74, 6) is -1.01.